The van der Waals surface area contributed by atoms with Gasteiger partial charge in [0.2, 0.25) is 0 Å². The molecule has 26 heavy (non-hydrogen) atoms. The van der Waals surface area contributed by atoms with Crippen LogP contribution in [0, 0.1) is 17.0 Å². The minimum absolute atomic E-state index is 0.0297. The predicted molar refractivity (Wildman–Crippen MR) is 96.3 cm³/mol. The van der Waals surface area contributed by atoms with E-state index in [1.165, 1.54) is 36.1 Å². The second-order valence-electron chi connectivity index (χ2n) is 6.73. The largest absolute Gasteiger partial charge is 0.348 e. The Balaban J connectivity index is 1.76. The highest BCUT2D eigenvalue weighted by molar-refractivity contribution is 5.93. The summed E-state index contributed by atoms with van der Waals surface area (Å²) >= 11 is 0. The first-order valence-corrected chi connectivity index (χ1v) is 9.04. The summed E-state index contributed by atoms with van der Waals surface area (Å²) in [6.45, 7) is 1.74. The maximum absolute atomic E-state index is 12.6. The summed E-state index contributed by atoms with van der Waals surface area (Å²) in [6.07, 6.45) is 7.95. The van der Waals surface area contributed by atoms with Gasteiger partial charge < -0.3 is 5.32 Å². The second kappa shape index (κ2) is 8.07. The molecule has 0 radical (unpaired) electrons. The zero-order valence-corrected chi connectivity index (χ0v) is 14.9. The van der Waals surface area contributed by atoms with Gasteiger partial charge in [0.15, 0.2) is 5.69 Å². The molecule has 0 spiro atoms. The van der Waals surface area contributed by atoms with Crippen LogP contribution in [0.3, 0.4) is 0 Å². The molecule has 0 saturated heterocycles. The highest BCUT2D eigenvalue weighted by atomic mass is 16.6. The van der Waals surface area contributed by atoms with Gasteiger partial charge in [0.25, 0.3) is 11.6 Å². The number of carbonyl (C=O) groups excluding carboxylic acids is 1. The molecule has 1 N–H and O–H groups in total. The minimum atomic E-state index is -0.460. The lowest BCUT2D eigenvalue weighted by atomic mass is 9.96. The zero-order valence-electron chi connectivity index (χ0n) is 14.9. The first kappa shape index (κ1) is 18.0. The number of nitro groups is 1. The monoisotopic (exact) mass is 357 g/mol. The predicted octanol–water partition coefficient (Wildman–Crippen LogP) is 3.33. The number of nitrogens with one attached hydrogen (secondary N) is 1. The summed E-state index contributed by atoms with van der Waals surface area (Å²) in [4.78, 5) is 23.1. The van der Waals surface area contributed by atoms with Gasteiger partial charge >= 0.3 is 0 Å². The average molecular weight is 357 g/mol. The van der Waals surface area contributed by atoms with Crippen LogP contribution in [0.1, 0.15) is 61.1 Å². The number of hydrogen-bond acceptors (Lipinski definition) is 5. The smallest absolute Gasteiger partial charge is 0.273 e. The van der Waals surface area contributed by atoms with E-state index < -0.39 is 4.92 Å². The number of benzene rings is 1. The highest BCUT2D eigenvalue weighted by Gasteiger charge is 2.21. The molecule has 1 heterocycles. The van der Waals surface area contributed by atoms with E-state index >= 15 is 0 Å². The molecular formula is C18H23N5O3. The van der Waals surface area contributed by atoms with E-state index in [2.05, 4.69) is 15.6 Å². The molecule has 0 aliphatic heterocycles. The molecule has 1 aliphatic rings. The van der Waals surface area contributed by atoms with Crippen LogP contribution < -0.4 is 5.32 Å². The number of nitrogens with zero attached hydrogens (tertiary/aromatic N) is 4. The van der Waals surface area contributed by atoms with Crippen molar-refractivity contribution in [2.24, 2.45) is 0 Å². The van der Waals surface area contributed by atoms with Crippen LogP contribution in [0.5, 0.6) is 0 Å². The van der Waals surface area contributed by atoms with Crippen molar-refractivity contribution in [2.45, 2.75) is 57.9 Å². The molecule has 1 amide bonds. The molecule has 1 saturated carbocycles. The number of amides is 1. The summed E-state index contributed by atoms with van der Waals surface area (Å²) in [5, 5.41) is 22.1. The Bertz CT molecular complexity index is 794. The van der Waals surface area contributed by atoms with Crippen molar-refractivity contribution >= 4 is 11.6 Å². The van der Waals surface area contributed by atoms with Crippen LogP contribution in [-0.4, -0.2) is 31.9 Å². The molecule has 138 valence electrons. The van der Waals surface area contributed by atoms with Crippen LogP contribution in [0.25, 0.3) is 5.69 Å². The summed E-state index contributed by atoms with van der Waals surface area (Å²) in [6, 6.07) is 6.29. The van der Waals surface area contributed by atoms with Crippen molar-refractivity contribution < 1.29 is 9.72 Å². The van der Waals surface area contributed by atoms with Gasteiger partial charge in [-0.15, -0.1) is 5.10 Å². The lowest BCUT2D eigenvalue weighted by molar-refractivity contribution is -0.384. The number of hydrogen-bond donors (Lipinski definition) is 1. The van der Waals surface area contributed by atoms with Crippen molar-refractivity contribution in [1.82, 2.24) is 20.3 Å². The Morgan fingerprint density at radius 3 is 2.62 bits per heavy atom. The third-order valence-corrected chi connectivity index (χ3v) is 4.84. The number of non-ortho nitro benzene ring substituents is 1. The third kappa shape index (κ3) is 4.07. The first-order valence-electron chi connectivity index (χ1n) is 9.04. The molecule has 8 heteroatoms. The Labute approximate surface area is 151 Å². The maximum atomic E-state index is 12.6. The van der Waals surface area contributed by atoms with Crippen molar-refractivity contribution in [2.75, 3.05) is 0 Å². The lowest BCUT2D eigenvalue weighted by Gasteiger charge is -2.20. The minimum Gasteiger partial charge on any atom is -0.348 e. The normalized spacial score (nSPS) is 15.9. The SMILES string of the molecule is Cc1c(C(=O)NC2CCCCCCC2)nnn1-c1cccc([N+](=O)[O-])c1. The van der Waals surface area contributed by atoms with Crippen molar-refractivity contribution in [3.63, 3.8) is 0 Å². The Hall–Kier alpha value is -2.77. The van der Waals surface area contributed by atoms with E-state index in [0.29, 0.717) is 11.4 Å². The summed E-state index contributed by atoms with van der Waals surface area (Å²) in [5.41, 5.74) is 1.31. The van der Waals surface area contributed by atoms with Crippen LogP contribution in [0.15, 0.2) is 24.3 Å². The van der Waals surface area contributed by atoms with Crippen LogP contribution in [0.2, 0.25) is 0 Å². The molecule has 0 unspecified atom stereocenters. The van der Waals surface area contributed by atoms with Gasteiger partial charge in [-0.3, -0.25) is 14.9 Å². The van der Waals surface area contributed by atoms with Gasteiger partial charge in [-0.1, -0.05) is 43.4 Å². The van der Waals surface area contributed by atoms with Gasteiger partial charge in [-0.25, -0.2) is 4.68 Å². The molecule has 1 aromatic heterocycles. The molecule has 0 bridgehead atoms. The van der Waals surface area contributed by atoms with Crippen LogP contribution in [0.4, 0.5) is 5.69 Å². The van der Waals surface area contributed by atoms with Gasteiger partial charge in [0.1, 0.15) is 0 Å². The van der Waals surface area contributed by atoms with E-state index in [0.717, 1.165) is 25.7 Å². The van der Waals surface area contributed by atoms with E-state index in [9.17, 15) is 14.9 Å². The van der Waals surface area contributed by atoms with Crippen LogP contribution in [-0.2, 0) is 0 Å². The summed E-state index contributed by atoms with van der Waals surface area (Å²) in [5.74, 6) is -0.232. The molecule has 3 rings (SSSR count). The maximum Gasteiger partial charge on any atom is 0.273 e. The van der Waals surface area contributed by atoms with Crippen molar-refractivity contribution in [1.29, 1.82) is 0 Å². The molecule has 1 aromatic carbocycles. The zero-order chi connectivity index (χ0) is 18.5. The number of rotatable bonds is 4. The van der Waals surface area contributed by atoms with E-state index in [1.807, 2.05) is 0 Å². The van der Waals surface area contributed by atoms with Gasteiger partial charge in [-0.2, -0.15) is 0 Å². The average Bonchev–Trinajstić information content (AvgIpc) is 2.99. The van der Waals surface area contributed by atoms with Gasteiger partial charge in [0, 0.05) is 18.2 Å². The fraction of sp³-hybridized carbons (Fsp3) is 0.500. The fourth-order valence-corrected chi connectivity index (χ4v) is 3.38. The van der Waals surface area contributed by atoms with Crippen molar-refractivity contribution in [3.05, 3.63) is 45.8 Å². The molecule has 1 fully saturated rings. The Morgan fingerprint density at radius 1 is 1.23 bits per heavy atom. The van der Waals surface area contributed by atoms with Crippen LogP contribution >= 0.6 is 0 Å². The van der Waals surface area contributed by atoms with Crippen molar-refractivity contribution in [3.8, 4) is 5.69 Å². The van der Waals surface area contributed by atoms with Gasteiger partial charge in [-0.05, 0) is 25.8 Å². The summed E-state index contributed by atoms with van der Waals surface area (Å²) in [7, 11) is 0. The van der Waals surface area contributed by atoms with E-state index in [-0.39, 0.29) is 23.3 Å². The first-order chi connectivity index (χ1) is 12.6. The summed E-state index contributed by atoms with van der Waals surface area (Å²) < 4.78 is 1.46. The third-order valence-electron chi connectivity index (χ3n) is 4.84. The quantitative estimate of drug-likeness (QED) is 0.668. The second-order valence-corrected chi connectivity index (χ2v) is 6.73. The molecule has 8 nitrogen and oxygen atoms in total. The van der Waals surface area contributed by atoms with E-state index in [1.54, 1.807) is 19.1 Å². The molecular weight excluding hydrogens is 334 g/mol. The highest BCUT2D eigenvalue weighted by Crippen LogP contribution is 2.20. The molecule has 2 aromatic rings. The standard InChI is InChI=1S/C18H23N5O3/c1-13-17(18(24)19-14-8-5-3-2-4-6-9-14)20-21-22(13)15-10-7-11-16(12-15)23(25)26/h7,10-12,14H,2-6,8-9H2,1H3,(H,19,24). The van der Waals surface area contributed by atoms with Gasteiger partial charge in [0.05, 0.1) is 16.3 Å². The Morgan fingerprint density at radius 2 is 1.92 bits per heavy atom. The number of carbonyl (C=O) groups is 1. The number of nitro benzene ring substituents is 1. The number of aromatic nitrogens is 3. The topological polar surface area (TPSA) is 103 Å². The molecule has 0 atom stereocenters. The Kier molecular flexibility index (Phi) is 5.60. The lowest BCUT2D eigenvalue weighted by Crippen LogP contribution is -2.35. The molecule has 1 aliphatic carbocycles. The fourth-order valence-electron chi connectivity index (χ4n) is 3.38. The van der Waals surface area contributed by atoms with E-state index in [4.69, 9.17) is 0 Å².